The summed E-state index contributed by atoms with van der Waals surface area (Å²) in [5.41, 5.74) is 9.25. The first kappa shape index (κ1) is 19.8. The van der Waals surface area contributed by atoms with E-state index in [-0.39, 0.29) is 12.4 Å². The zero-order valence-corrected chi connectivity index (χ0v) is 13.9. The van der Waals surface area contributed by atoms with Gasteiger partial charge in [0.15, 0.2) is 18.1 Å². The Morgan fingerprint density at radius 1 is 1.22 bits per heavy atom. The van der Waals surface area contributed by atoms with Gasteiger partial charge in [-0.25, -0.2) is 4.79 Å². The van der Waals surface area contributed by atoms with Crippen LogP contribution in [-0.4, -0.2) is 34.1 Å². The Labute approximate surface area is 150 Å². The van der Waals surface area contributed by atoms with Gasteiger partial charge in [0.25, 0.3) is 5.91 Å². The second kappa shape index (κ2) is 7.76. The minimum Gasteiger partial charge on any atom is -0.484 e. The maximum Gasteiger partial charge on any atom is 0.433 e. The number of aryl methyl sites for hydroxylation is 1. The van der Waals surface area contributed by atoms with Gasteiger partial charge in [-0.2, -0.15) is 18.3 Å². The van der Waals surface area contributed by atoms with Crippen LogP contribution in [0.25, 0.3) is 0 Å². The molecule has 4 N–H and O–H groups in total. The first-order valence-electron chi connectivity index (χ1n) is 7.25. The maximum atomic E-state index is 12.7. The number of halogens is 3. The van der Waals surface area contributed by atoms with Crippen molar-refractivity contribution in [3.63, 3.8) is 0 Å². The molecule has 27 heavy (non-hydrogen) atoms. The second-order valence-corrected chi connectivity index (χ2v) is 5.17. The van der Waals surface area contributed by atoms with Gasteiger partial charge in [0.1, 0.15) is 11.4 Å². The van der Waals surface area contributed by atoms with Gasteiger partial charge >= 0.3 is 12.1 Å². The van der Waals surface area contributed by atoms with E-state index in [1.165, 1.54) is 24.3 Å². The van der Waals surface area contributed by atoms with E-state index in [2.05, 4.69) is 15.1 Å². The van der Waals surface area contributed by atoms with E-state index in [4.69, 9.17) is 16.2 Å². The molecule has 0 aliphatic carbocycles. The lowest BCUT2D eigenvalue weighted by Crippen LogP contribution is -2.20. The molecule has 0 saturated heterocycles. The molecular weight excluding hydrogens is 371 g/mol. The average molecular weight is 385 g/mol. The number of carbonyl (C=O) groups is 2. The van der Waals surface area contributed by atoms with Crippen molar-refractivity contribution in [3.05, 3.63) is 47.3 Å². The van der Waals surface area contributed by atoms with Crippen LogP contribution in [0.3, 0.4) is 0 Å². The number of nitrogens with zero attached hydrogens (tertiary/aromatic N) is 3. The molecule has 2 rings (SSSR count). The lowest BCUT2D eigenvalue weighted by molar-refractivity contribution is -0.143. The summed E-state index contributed by atoms with van der Waals surface area (Å²) in [6.45, 7) is -0.301. The first-order chi connectivity index (χ1) is 12.6. The number of aromatic nitrogens is 2. The largest absolute Gasteiger partial charge is 0.484 e. The molecule has 0 aliphatic heterocycles. The van der Waals surface area contributed by atoms with Crippen LogP contribution in [0.2, 0.25) is 0 Å². The predicted molar refractivity (Wildman–Crippen MR) is 85.5 cm³/mol. The SMILES string of the molecule is Cn1nc(C(=O)O/N=C(\N)c2ccc(OCC(N)=O)cc2)cc1C(F)(F)F. The van der Waals surface area contributed by atoms with Crippen LogP contribution in [0.5, 0.6) is 5.75 Å². The predicted octanol–water partition coefficient (Wildman–Crippen LogP) is 0.780. The highest BCUT2D eigenvalue weighted by Crippen LogP contribution is 2.29. The summed E-state index contributed by atoms with van der Waals surface area (Å²) in [5.74, 6) is -1.71. The zero-order chi connectivity index (χ0) is 20.2. The van der Waals surface area contributed by atoms with Crippen molar-refractivity contribution in [1.29, 1.82) is 0 Å². The third-order valence-corrected chi connectivity index (χ3v) is 3.14. The van der Waals surface area contributed by atoms with Crippen LogP contribution in [0.4, 0.5) is 13.2 Å². The third kappa shape index (κ3) is 5.20. The number of alkyl halides is 3. The summed E-state index contributed by atoms with van der Waals surface area (Å²) in [6.07, 6.45) is -4.67. The molecule has 1 heterocycles. The van der Waals surface area contributed by atoms with Crippen LogP contribution in [0.15, 0.2) is 35.5 Å². The van der Waals surface area contributed by atoms with Crippen molar-refractivity contribution in [2.75, 3.05) is 6.61 Å². The Kier molecular flexibility index (Phi) is 5.68. The highest BCUT2D eigenvalue weighted by atomic mass is 19.4. The van der Waals surface area contributed by atoms with Crippen LogP contribution in [-0.2, 0) is 22.9 Å². The highest BCUT2D eigenvalue weighted by Gasteiger charge is 2.36. The van der Waals surface area contributed by atoms with E-state index in [1.54, 1.807) is 0 Å². The minimum absolute atomic E-state index is 0.211. The van der Waals surface area contributed by atoms with Gasteiger partial charge in [0, 0.05) is 18.7 Å². The molecule has 0 unspecified atom stereocenters. The molecule has 1 amide bonds. The van der Waals surface area contributed by atoms with Gasteiger partial charge in [-0.1, -0.05) is 5.16 Å². The fraction of sp³-hybridized carbons (Fsp3) is 0.200. The van der Waals surface area contributed by atoms with Gasteiger partial charge in [-0.3, -0.25) is 9.48 Å². The van der Waals surface area contributed by atoms with Crippen molar-refractivity contribution >= 4 is 17.7 Å². The number of benzene rings is 1. The first-order valence-corrected chi connectivity index (χ1v) is 7.25. The van der Waals surface area contributed by atoms with Crippen LogP contribution in [0.1, 0.15) is 21.7 Å². The van der Waals surface area contributed by atoms with Crippen molar-refractivity contribution in [3.8, 4) is 5.75 Å². The Hall–Kier alpha value is -3.57. The third-order valence-electron chi connectivity index (χ3n) is 3.14. The van der Waals surface area contributed by atoms with E-state index in [1.807, 2.05) is 0 Å². The molecular formula is C15H14F3N5O4. The smallest absolute Gasteiger partial charge is 0.433 e. The van der Waals surface area contributed by atoms with Crippen LogP contribution < -0.4 is 16.2 Å². The van der Waals surface area contributed by atoms with Gasteiger partial charge < -0.3 is 21.0 Å². The molecule has 0 fully saturated rings. The topological polar surface area (TPSA) is 135 Å². The normalized spacial score (nSPS) is 11.9. The fourth-order valence-electron chi connectivity index (χ4n) is 1.90. The second-order valence-electron chi connectivity index (χ2n) is 5.17. The Morgan fingerprint density at radius 3 is 2.37 bits per heavy atom. The lowest BCUT2D eigenvalue weighted by Gasteiger charge is -2.05. The number of hydrogen-bond donors (Lipinski definition) is 2. The van der Waals surface area contributed by atoms with E-state index in [0.29, 0.717) is 22.1 Å². The average Bonchev–Trinajstić information content (AvgIpc) is 3.00. The van der Waals surface area contributed by atoms with Crippen LogP contribution in [0, 0.1) is 0 Å². The monoisotopic (exact) mass is 385 g/mol. The summed E-state index contributed by atoms with van der Waals surface area (Å²) in [7, 11) is 1.04. The number of carbonyl (C=O) groups excluding carboxylic acids is 2. The summed E-state index contributed by atoms with van der Waals surface area (Å²) >= 11 is 0. The number of amides is 1. The Balaban J connectivity index is 2.04. The summed E-state index contributed by atoms with van der Waals surface area (Å²) in [4.78, 5) is 26.9. The standard InChI is InChI=1S/C15H14F3N5O4/c1-23-11(15(16,17)18)6-10(21-23)14(25)27-22-13(20)8-2-4-9(5-3-8)26-7-12(19)24/h2-6H,7H2,1H3,(H2,19,24)(H2,20,22). The lowest BCUT2D eigenvalue weighted by atomic mass is 10.2. The quantitative estimate of drug-likeness (QED) is 0.327. The van der Waals surface area contributed by atoms with Gasteiger partial charge in [-0.15, -0.1) is 0 Å². The molecule has 1 aromatic heterocycles. The molecule has 12 heteroatoms. The molecule has 0 bridgehead atoms. The fourth-order valence-corrected chi connectivity index (χ4v) is 1.90. The molecule has 0 saturated carbocycles. The number of rotatable bonds is 6. The minimum atomic E-state index is -4.67. The van der Waals surface area contributed by atoms with Crippen molar-refractivity contribution < 1.29 is 32.3 Å². The molecule has 0 atom stereocenters. The molecule has 1 aromatic carbocycles. The van der Waals surface area contributed by atoms with Crippen molar-refractivity contribution in [2.45, 2.75) is 6.18 Å². The van der Waals surface area contributed by atoms with Crippen molar-refractivity contribution in [1.82, 2.24) is 9.78 Å². The van der Waals surface area contributed by atoms with E-state index >= 15 is 0 Å². The van der Waals surface area contributed by atoms with Gasteiger partial charge in [0.2, 0.25) is 0 Å². The molecule has 2 aromatic rings. The van der Waals surface area contributed by atoms with E-state index in [9.17, 15) is 22.8 Å². The van der Waals surface area contributed by atoms with E-state index in [0.717, 1.165) is 7.05 Å². The molecule has 144 valence electrons. The number of nitrogens with two attached hydrogens (primary N) is 2. The van der Waals surface area contributed by atoms with Crippen LogP contribution >= 0.6 is 0 Å². The zero-order valence-electron chi connectivity index (χ0n) is 13.9. The number of ether oxygens (including phenoxy) is 1. The number of amidine groups is 1. The number of oxime groups is 1. The Bertz CT molecular complexity index is 875. The van der Waals surface area contributed by atoms with Crippen molar-refractivity contribution in [2.24, 2.45) is 23.7 Å². The molecule has 0 aliphatic rings. The number of primary amides is 1. The summed E-state index contributed by atoms with van der Waals surface area (Å²) in [6, 6.07) is 6.41. The Morgan fingerprint density at radius 2 is 1.85 bits per heavy atom. The molecule has 9 nitrogen and oxygen atoms in total. The van der Waals surface area contributed by atoms with E-state index < -0.39 is 29.4 Å². The molecule has 0 radical (unpaired) electrons. The molecule has 0 spiro atoms. The van der Waals surface area contributed by atoms with Gasteiger partial charge in [-0.05, 0) is 24.3 Å². The summed E-state index contributed by atoms with van der Waals surface area (Å²) in [5, 5.41) is 6.81. The number of hydrogen-bond acceptors (Lipinski definition) is 6. The van der Waals surface area contributed by atoms with Gasteiger partial charge in [0.05, 0.1) is 0 Å². The highest BCUT2D eigenvalue weighted by molar-refractivity contribution is 5.98. The summed E-state index contributed by atoms with van der Waals surface area (Å²) < 4.78 is 43.7. The maximum absolute atomic E-state index is 12.7.